The number of carbonyl (C=O) groups is 2. The molecule has 0 spiro atoms. The zero-order valence-electron chi connectivity index (χ0n) is 9.95. The highest BCUT2D eigenvalue weighted by Crippen LogP contribution is 2.65. The Hall–Kier alpha value is -1.12. The van der Waals surface area contributed by atoms with Gasteiger partial charge in [0.25, 0.3) is 0 Å². The molecule has 0 aromatic carbocycles. The summed E-state index contributed by atoms with van der Waals surface area (Å²) < 4.78 is 0. The summed E-state index contributed by atoms with van der Waals surface area (Å²) in [5, 5.41) is 9.51. The molecule has 2 unspecified atom stereocenters. The molecule has 3 nitrogen and oxygen atoms in total. The average Bonchev–Trinajstić information content (AvgIpc) is 2.26. The van der Waals surface area contributed by atoms with E-state index < -0.39 is 11.4 Å². The van der Waals surface area contributed by atoms with Gasteiger partial charge in [-0.1, -0.05) is 6.58 Å². The van der Waals surface area contributed by atoms with Crippen molar-refractivity contribution in [1.82, 2.24) is 0 Å². The fourth-order valence-electron chi connectivity index (χ4n) is 5.02. The van der Waals surface area contributed by atoms with E-state index in [0.717, 1.165) is 32.1 Å². The number of rotatable bonds is 3. The summed E-state index contributed by atoms with van der Waals surface area (Å²) in [5.74, 6) is 0.276. The van der Waals surface area contributed by atoms with E-state index in [1.54, 1.807) is 0 Å². The number of hydrogen-bond acceptors (Lipinski definition) is 2. The van der Waals surface area contributed by atoms with Crippen LogP contribution in [0, 0.1) is 22.7 Å². The number of hydrogen-bond donors (Lipinski definition) is 1. The molecule has 3 heteroatoms. The smallest absolute Gasteiger partial charge is 0.309 e. The second kappa shape index (κ2) is 3.21. The van der Waals surface area contributed by atoms with Crippen LogP contribution in [0.5, 0.6) is 0 Å². The van der Waals surface area contributed by atoms with E-state index in [0.29, 0.717) is 18.3 Å². The molecular formula is C14H18O3. The largest absolute Gasteiger partial charge is 0.481 e. The summed E-state index contributed by atoms with van der Waals surface area (Å²) in [6.45, 7) is 3.59. The number of aliphatic carboxylic acids is 1. The lowest BCUT2D eigenvalue weighted by Crippen LogP contribution is -2.57. The molecule has 0 saturated heterocycles. The first kappa shape index (κ1) is 11.0. The number of ketones is 1. The lowest BCUT2D eigenvalue weighted by molar-refractivity contribution is -0.176. The molecule has 0 aromatic rings. The van der Waals surface area contributed by atoms with Gasteiger partial charge in [-0.25, -0.2) is 0 Å². The quantitative estimate of drug-likeness (QED) is 0.763. The van der Waals surface area contributed by atoms with Crippen LogP contribution in [0.2, 0.25) is 0 Å². The summed E-state index contributed by atoms with van der Waals surface area (Å²) in [4.78, 5) is 23.7. The van der Waals surface area contributed by atoms with Gasteiger partial charge in [0.15, 0.2) is 5.78 Å². The van der Waals surface area contributed by atoms with Crippen molar-refractivity contribution < 1.29 is 14.7 Å². The van der Waals surface area contributed by atoms with Crippen molar-refractivity contribution in [2.45, 2.75) is 38.5 Å². The molecule has 0 amide bonds. The number of allylic oxidation sites excluding steroid dienone is 1. The van der Waals surface area contributed by atoms with Crippen molar-refractivity contribution in [2.24, 2.45) is 22.7 Å². The maximum atomic E-state index is 12.1. The molecule has 4 rings (SSSR count). The Bertz CT molecular complexity index is 396. The van der Waals surface area contributed by atoms with E-state index in [2.05, 4.69) is 6.58 Å². The highest BCUT2D eigenvalue weighted by Gasteiger charge is 2.62. The Labute approximate surface area is 101 Å². The minimum Gasteiger partial charge on any atom is -0.481 e. The number of carboxylic acids is 1. The van der Waals surface area contributed by atoms with Gasteiger partial charge in [0.2, 0.25) is 0 Å². The van der Waals surface area contributed by atoms with Crippen molar-refractivity contribution in [1.29, 1.82) is 0 Å². The second-order valence-corrected chi connectivity index (χ2v) is 6.40. The van der Waals surface area contributed by atoms with Crippen molar-refractivity contribution in [3.63, 3.8) is 0 Å². The van der Waals surface area contributed by atoms with Crippen LogP contribution < -0.4 is 0 Å². The van der Waals surface area contributed by atoms with E-state index in [1.165, 1.54) is 6.08 Å². The van der Waals surface area contributed by atoms with Crippen LogP contribution in [0.4, 0.5) is 0 Å². The number of carboxylic acid groups (broad SMARTS) is 1. The van der Waals surface area contributed by atoms with Gasteiger partial charge < -0.3 is 5.11 Å². The first-order chi connectivity index (χ1) is 8.00. The topological polar surface area (TPSA) is 54.4 Å². The van der Waals surface area contributed by atoms with Crippen molar-refractivity contribution >= 4 is 11.8 Å². The van der Waals surface area contributed by atoms with Crippen LogP contribution in [0.15, 0.2) is 12.7 Å². The van der Waals surface area contributed by atoms with Gasteiger partial charge in [-0.15, -0.1) is 0 Å². The lowest BCUT2D eigenvalue weighted by atomic mass is 9.43. The van der Waals surface area contributed by atoms with Crippen LogP contribution in [-0.4, -0.2) is 16.9 Å². The highest BCUT2D eigenvalue weighted by molar-refractivity contribution is 5.95. The second-order valence-electron chi connectivity index (χ2n) is 6.40. The minimum absolute atomic E-state index is 0.0808. The predicted molar refractivity (Wildman–Crippen MR) is 62.4 cm³/mol. The Morgan fingerprint density at radius 3 is 2.12 bits per heavy atom. The molecule has 0 aliphatic heterocycles. The van der Waals surface area contributed by atoms with Crippen LogP contribution >= 0.6 is 0 Å². The average molecular weight is 234 g/mol. The van der Waals surface area contributed by atoms with Crippen LogP contribution in [0.3, 0.4) is 0 Å². The number of carbonyl (C=O) groups excluding carboxylic acids is 1. The summed E-state index contributed by atoms with van der Waals surface area (Å²) in [7, 11) is 0. The van der Waals surface area contributed by atoms with E-state index in [1.807, 2.05) is 0 Å². The maximum Gasteiger partial charge on any atom is 0.309 e. The van der Waals surface area contributed by atoms with Crippen molar-refractivity contribution in [3.8, 4) is 0 Å². The highest BCUT2D eigenvalue weighted by atomic mass is 16.4. The van der Waals surface area contributed by atoms with E-state index in [9.17, 15) is 14.7 Å². The van der Waals surface area contributed by atoms with Crippen LogP contribution in [0.1, 0.15) is 38.5 Å². The molecule has 0 aromatic heterocycles. The van der Waals surface area contributed by atoms with E-state index in [-0.39, 0.29) is 11.2 Å². The monoisotopic (exact) mass is 234 g/mol. The third kappa shape index (κ3) is 1.34. The van der Waals surface area contributed by atoms with Gasteiger partial charge in [-0.3, -0.25) is 9.59 Å². The molecule has 0 radical (unpaired) electrons. The Balaban J connectivity index is 2.02. The summed E-state index contributed by atoms with van der Waals surface area (Å²) in [6, 6.07) is 0. The Morgan fingerprint density at radius 2 is 1.65 bits per heavy atom. The van der Waals surface area contributed by atoms with Gasteiger partial charge in [-0.05, 0) is 56.4 Å². The van der Waals surface area contributed by atoms with Gasteiger partial charge in [0.05, 0.1) is 5.41 Å². The molecule has 4 aliphatic carbocycles. The van der Waals surface area contributed by atoms with Crippen LogP contribution in [0.25, 0.3) is 0 Å². The predicted octanol–water partition coefficient (Wildman–Crippen LogP) is 2.41. The lowest BCUT2D eigenvalue weighted by Gasteiger charge is -2.59. The SMILES string of the molecule is C=CC(=O)C12CC3CC(CC(C(=O)O)(C3)C1)C2. The molecule has 4 bridgehead atoms. The Kier molecular flexibility index (Phi) is 2.08. The minimum atomic E-state index is -0.687. The third-order valence-corrected chi connectivity index (χ3v) is 5.22. The van der Waals surface area contributed by atoms with Gasteiger partial charge in [0.1, 0.15) is 0 Å². The van der Waals surface area contributed by atoms with Crippen LogP contribution in [-0.2, 0) is 9.59 Å². The fraction of sp³-hybridized carbons (Fsp3) is 0.714. The first-order valence-electron chi connectivity index (χ1n) is 6.40. The zero-order valence-corrected chi connectivity index (χ0v) is 9.95. The molecule has 17 heavy (non-hydrogen) atoms. The van der Waals surface area contributed by atoms with Crippen molar-refractivity contribution in [3.05, 3.63) is 12.7 Å². The zero-order chi connectivity index (χ0) is 12.3. The van der Waals surface area contributed by atoms with Gasteiger partial charge in [0, 0.05) is 5.41 Å². The summed E-state index contributed by atoms with van der Waals surface area (Å²) in [6.07, 6.45) is 6.43. The molecule has 1 N–H and O–H groups in total. The Morgan fingerprint density at radius 1 is 1.12 bits per heavy atom. The summed E-state index contributed by atoms with van der Waals surface area (Å²) >= 11 is 0. The molecule has 4 saturated carbocycles. The molecular weight excluding hydrogens is 216 g/mol. The van der Waals surface area contributed by atoms with E-state index >= 15 is 0 Å². The first-order valence-corrected chi connectivity index (χ1v) is 6.40. The van der Waals surface area contributed by atoms with Gasteiger partial charge in [-0.2, -0.15) is 0 Å². The molecule has 92 valence electrons. The maximum absolute atomic E-state index is 12.1. The molecule has 0 heterocycles. The van der Waals surface area contributed by atoms with Gasteiger partial charge >= 0.3 is 5.97 Å². The van der Waals surface area contributed by atoms with E-state index in [4.69, 9.17) is 0 Å². The molecule has 2 atom stereocenters. The third-order valence-electron chi connectivity index (χ3n) is 5.22. The normalized spacial score (nSPS) is 46.8. The fourth-order valence-corrected chi connectivity index (χ4v) is 5.02. The molecule has 4 aliphatic rings. The molecule has 4 fully saturated rings. The summed E-state index contributed by atoms with van der Waals surface area (Å²) in [5.41, 5.74) is -0.993. The van der Waals surface area contributed by atoms with Crippen molar-refractivity contribution in [2.75, 3.05) is 0 Å². The standard InChI is InChI=1S/C14H18O3/c1-2-11(15)13-4-9-3-10(5-13)7-14(6-9,8-13)12(16)17/h2,9-10H,1,3-8H2,(H,16,17).